The standard InChI is InChI=1S/C21H22ClN3O2.C21H29ClN2O2.C20H22N2O.C18H24ClN3O/c1-4-18-19(22)20(25(3)24-18)21(26)23-13-15-7-11-17(12-8-15)27-16-9-5-14(2)6-10-16;1-5-18-21(22)19(24-14-23-18)8-7-12-26-20-10-9-17(11-13-25-6-2)15(3)16(20)4;1-20(2,3)16-10-8-15(9-11-16)12-13-23-19-17-6-4-5-7-18(17)21-14-22-19;1-6-14-15(19)16(22(5)21-14)17(23)20-11-12-7-9-13(10-8-12)18(2,3)4/h5-12H,4,13H2,1-3H3,(H,23,26);9-10,14H,5-8,11-13H2,1-4H3;4-11,14H,12-13H2,1-3H3;7-10H,6,11H2,1-5H3,(H,20,23). The SMILES string of the molecule is CC(C)(C)c1ccc(CCOc2ncnc3ccccc23)cc1.CCOCCc1ccc(OCCCc2ncnc(CC)c2Cl)c(C)c1C.CCc1nn(C)c(C(=O)NCc2ccc(C(C)(C)C)cc2)c1Cl.CCc1nn(C)c(C(=O)NCc2ccc(Oc3ccc(C)cc3)cc2)c1Cl. The summed E-state index contributed by atoms with van der Waals surface area (Å²) in [5.41, 5.74) is 16.2. The second kappa shape index (κ2) is 37.5. The number of amides is 2. The van der Waals surface area contributed by atoms with Crippen LogP contribution in [0, 0.1) is 20.8 Å². The summed E-state index contributed by atoms with van der Waals surface area (Å²) in [6.07, 6.45) is 8.81. The Kier molecular flexibility index (Phi) is 29.4. The van der Waals surface area contributed by atoms with Crippen molar-refractivity contribution in [1.29, 1.82) is 0 Å². The molecule has 0 atom stereocenters. The van der Waals surface area contributed by atoms with Crippen LogP contribution >= 0.6 is 34.8 Å². The lowest BCUT2D eigenvalue weighted by Gasteiger charge is -2.19. The van der Waals surface area contributed by atoms with E-state index in [4.69, 9.17) is 53.8 Å². The van der Waals surface area contributed by atoms with E-state index in [1.165, 1.54) is 43.6 Å². The van der Waals surface area contributed by atoms with Crippen LogP contribution in [0.5, 0.6) is 23.1 Å². The molecule has 10 aromatic rings. The Labute approximate surface area is 600 Å². The first-order valence-electron chi connectivity index (χ1n) is 33.9. The van der Waals surface area contributed by atoms with E-state index < -0.39 is 0 Å². The molecule has 19 heteroatoms. The number of ether oxygens (including phenoxy) is 4. The van der Waals surface area contributed by atoms with E-state index in [-0.39, 0.29) is 22.6 Å². The van der Waals surface area contributed by atoms with E-state index >= 15 is 0 Å². The Morgan fingerprint density at radius 3 is 1.53 bits per heavy atom. The Balaban J connectivity index is 0.000000186. The van der Waals surface area contributed by atoms with E-state index in [0.717, 1.165) is 107 Å². The summed E-state index contributed by atoms with van der Waals surface area (Å²) >= 11 is 18.8. The second-order valence-electron chi connectivity index (χ2n) is 26.1. The van der Waals surface area contributed by atoms with Gasteiger partial charge in [-0.15, -0.1) is 0 Å². The van der Waals surface area contributed by atoms with Gasteiger partial charge in [0.2, 0.25) is 5.88 Å². The molecule has 4 heterocycles. The first-order chi connectivity index (χ1) is 47.3. The highest BCUT2D eigenvalue weighted by Crippen LogP contribution is 2.29. The van der Waals surface area contributed by atoms with Gasteiger partial charge in [0, 0.05) is 40.2 Å². The molecule has 0 saturated heterocycles. The molecule has 4 aromatic heterocycles. The summed E-state index contributed by atoms with van der Waals surface area (Å²) in [5.74, 6) is 2.70. The fraction of sp³-hybridized carbons (Fsp3) is 0.375. The van der Waals surface area contributed by atoms with E-state index in [1.807, 2.05) is 120 Å². The molecule has 99 heavy (non-hydrogen) atoms. The molecule has 0 unspecified atom stereocenters. The van der Waals surface area contributed by atoms with E-state index in [0.29, 0.717) is 71.5 Å². The lowest BCUT2D eigenvalue weighted by molar-refractivity contribution is 0.0933. The van der Waals surface area contributed by atoms with Gasteiger partial charge in [0.05, 0.1) is 68.6 Å². The molecule has 16 nitrogen and oxygen atoms in total. The predicted octanol–water partition coefficient (Wildman–Crippen LogP) is 18.0. The predicted molar refractivity (Wildman–Crippen MR) is 401 cm³/mol. The van der Waals surface area contributed by atoms with Gasteiger partial charge in [-0.25, -0.2) is 19.9 Å². The van der Waals surface area contributed by atoms with Crippen molar-refractivity contribution >= 4 is 57.5 Å². The molecule has 0 aliphatic rings. The number of benzene rings is 6. The molecule has 0 aliphatic heterocycles. The van der Waals surface area contributed by atoms with Gasteiger partial charge in [0.15, 0.2) is 0 Å². The van der Waals surface area contributed by atoms with Crippen LogP contribution in [-0.2, 0) is 81.3 Å². The fourth-order valence-corrected chi connectivity index (χ4v) is 11.6. The average Bonchev–Trinajstić information content (AvgIpc) is 1.74. The van der Waals surface area contributed by atoms with Crippen molar-refractivity contribution in [2.45, 2.75) is 159 Å². The number of halogens is 3. The molecule has 10 rings (SSSR count). The molecule has 2 N–H and O–H groups in total. The van der Waals surface area contributed by atoms with Gasteiger partial charge in [-0.05, 0) is 164 Å². The maximum absolute atomic E-state index is 12.4. The number of carbonyl (C=O) groups excluding carboxylic acids is 2. The van der Waals surface area contributed by atoms with Crippen molar-refractivity contribution in [3.05, 3.63) is 245 Å². The smallest absolute Gasteiger partial charge is 0.271 e. The number of nitrogens with one attached hydrogen (secondary N) is 2. The quantitative estimate of drug-likeness (QED) is 0.0547. The molecule has 524 valence electrons. The van der Waals surface area contributed by atoms with Gasteiger partial charge in [-0.1, -0.05) is 194 Å². The highest BCUT2D eigenvalue weighted by Gasteiger charge is 2.22. The maximum Gasteiger partial charge on any atom is 0.271 e. The van der Waals surface area contributed by atoms with Gasteiger partial charge >= 0.3 is 0 Å². The molecule has 0 radical (unpaired) electrons. The largest absolute Gasteiger partial charge is 0.493 e. The van der Waals surface area contributed by atoms with Crippen LogP contribution in [-0.4, -0.2) is 77.7 Å². The second-order valence-corrected chi connectivity index (χ2v) is 27.2. The number of aromatic nitrogens is 8. The number of carbonyl (C=O) groups is 2. The monoisotopic (exact) mass is 1400 g/mol. The molecule has 6 aromatic carbocycles. The van der Waals surface area contributed by atoms with Crippen molar-refractivity contribution in [3.8, 4) is 23.1 Å². The van der Waals surface area contributed by atoms with Crippen molar-refractivity contribution in [3.63, 3.8) is 0 Å². The van der Waals surface area contributed by atoms with Gasteiger partial charge in [0.25, 0.3) is 11.8 Å². The maximum atomic E-state index is 12.4. The topological polar surface area (TPSA) is 182 Å². The molecular weight excluding hydrogens is 1300 g/mol. The van der Waals surface area contributed by atoms with Crippen LogP contribution in [0.1, 0.15) is 169 Å². The summed E-state index contributed by atoms with van der Waals surface area (Å²) in [6.45, 7) is 31.1. The normalized spacial score (nSPS) is 11.2. The van der Waals surface area contributed by atoms with Gasteiger partial charge in [0.1, 0.15) is 41.3 Å². The Morgan fingerprint density at radius 1 is 0.495 bits per heavy atom. The Morgan fingerprint density at radius 2 is 1.00 bits per heavy atom. The average molecular weight is 1400 g/mol. The summed E-state index contributed by atoms with van der Waals surface area (Å²) in [5, 5.41) is 16.8. The molecule has 0 aliphatic carbocycles. The molecule has 2 amide bonds. The van der Waals surface area contributed by atoms with E-state index in [2.05, 4.69) is 145 Å². The van der Waals surface area contributed by atoms with Crippen LogP contribution in [0.25, 0.3) is 10.9 Å². The van der Waals surface area contributed by atoms with E-state index in [1.54, 1.807) is 31.4 Å². The van der Waals surface area contributed by atoms with Crippen LogP contribution in [0.3, 0.4) is 0 Å². The number of nitrogens with zero attached hydrogens (tertiary/aromatic N) is 8. The van der Waals surface area contributed by atoms with Crippen LogP contribution in [0.2, 0.25) is 15.1 Å². The van der Waals surface area contributed by atoms with Crippen molar-refractivity contribution in [2.24, 2.45) is 14.1 Å². The third-order valence-electron chi connectivity index (χ3n) is 16.7. The van der Waals surface area contributed by atoms with Crippen LogP contribution in [0.4, 0.5) is 0 Å². The third kappa shape index (κ3) is 22.7. The van der Waals surface area contributed by atoms with Crippen LogP contribution < -0.4 is 24.8 Å². The van der Waals surface area contributed by atoms with E-state index in [9.17, 15) is 9.59 Å². The lowest BCUT2D eigenvalue weighted by atomic mass is 9.86. The zero-order valence-corrected chi connectivity index (χ0v) is 62.5. The van der Waals surface area contributed by atoms with Crippen molar-refractivity contribution < 1.29 is 28.5 Å². The minimum Gasteiger partial charge on any atom is -0.493 e. The Bertz CT molecular complexity index is 4210. The fourth-order valence-electron chi connectivity index (χ4n) is 10.6. The summed E-state index contributed by atoms with van der Waals surface area (Å²) in [7, 11) is 3.45. The summed E-state index contributed by atoms with van der Waals surface area (Å²) in [4.78, 5) is 41.8. The van der Waals surface area contributed by atoms with Crippen molar-refractivity contribution in [2.75, 3.05) is 26.4 Å². The lowest BCUT2D eigenvalue weighted by Crippen LogP contribution is -2.25. The number of rotatable bonds is 24. The zero-order chi connectivity index (χ0) is 71.8. The molecule has 0 saturated carbocycles. The third-order valence-corrected chi connectivity index (χ3v) is 18.0. The highest BCUT2D eigenvalue weighted by molar-refractivity contribution is 6.34. The summed E-state index contributed by atoms with van der Waals surface area (Å²) in [6, 6.07) is 44.7. The number of hydrogen-bond donors (Lipinski definition) is 2. The van der Waals surface area contributed by atoms with Gasteiger partial charge < -0.3 is 29.6 Å². The van der Waals surface area contributed by atoms with Gasteiger partial charge in [-0.2, -0.15) is 10.2 Å². The first-order valence-corrected chi connectivity index (χ1v) is 35.1. The minimum atomic E-state index is -0.241. The number of fused-ring (bicyclic) bond motifs is 1. The Hall–Kier alpha value is -8.67. The zero-order valence-electron chi connectivity index (χ0n) is 60.2. The molecule has 0 spiro atoms. The highest BCUT2D eigenvalue weighted by atomic mass is 35.5. The first kappa shape index (κ1) is 77.7. The molecular formula is C80H97Cl3N10O6. The molecule has 0 fully saturated rings. The van der Waals surface area contributed by atoms with Crippen molar-refractivity contribution in [1.82, 2.24) is 50.1 Å². The number of aryl methyl sites for hydroxylation is 7. The van der Waals surface area contributed by atoms with Crippen LogP contribution in [0.15, 0.2) is 146 Å². The molecule has 0 bridgehead atoms. The number of para-hydroxylation sites is 1. The minimum absolute atomic E-state index is 0.126. The van der Waals surface area contributed by atoms with Gasteiger partial charge in [-0.3, -0.25) is 19.0 Å². The summed E-state index contributed by atoms with van der Waals surface area (Å²) < 4.78 is 26.2. The number of hydrogen-bond acceptors (Lipinski definition) is 12.